The second-order valence-corrected chi connectivity index (χ2v) is 3.58. The molecule has 0 radical (unpaired) electrons. The Hall–Kier alpha value is -1.49. The Morgan fingerprint density at radius 1 is 1.27 bits per heavy atom. The number of piperidine rings is 1. The molecule has 80 valence electrons. The van der Waals surface area contributed by atoms with Crippen molar-refractivity contribution in [3.8, 4) is 0 Å². The first kappa shape index (κ1) is 10.0. The Bertz CT molecular complexity index is 321. The second kappa shape index (κ2) is 4.84. The summed E-state index contributed by atoms with van der Waals surface area (Å²) in [6, 6.07) is 0. The van der Waals surface area contributed by atoms with E-state index in [-0.39, 0.29) is 5.91 Å². The first-order valence-electron chi connectivity index (χ1n) is 5.18. The van der Waals surface area contributed by atoms with Crippen molar-refractivity contribution in [1.29, 1.82) is 0 Å². The summed E-state index contributed by atoms with van der Waals surface area (Å²) in [5.41, 5.74) is 3.19. The molecule has 1 amide bonds. The van der Waals surface area contributed by atoms with Gasteiger partial charge < -0.3 is 0 Å². The van der Waals surface area contributed by atoms with Crippen molar-refractivity contribution in [2.75, 3.05) is 13.1 Å². The number of nitrogens with zero attached hydrogens (tertiary/aromatic N) is 3. The van der Waals surface area contributed by atoms with Crippen molar-refractivity contribution in [1.82, 2.24) is 20.4 Å². The maximum atomic E-state index is 11.7. The van der Waals surface area contributed by atoms with Crippen molar-refractivity contribution in [3.63, 3.8) is 0 Å². The first-order chi connectivity index (χ1) is 7.36. The Morgan fingerprint density at radius 3 is 2.73 bits per heavy atom. The van der Waals surface area contributed by atoms with Crippen molar-refractivity contribution >= 4 is 5.91 Å². The molecule has 0 saturated carbocycles. The number of nitrogens with one attached hydrogen (secondary N) is 1. The van der Waals surface area contributed by atoms with Crippen LogP contribution >= 0.6 is 0 Å². The van der Waals surface area contributed by atoms with Gasteiger partial charge >= 0.3 is 0 Å². The van der Waals surface area contributed by atoms with Crippen molar-refractivity contribution in [2.45, 2.75) is 19.3 Å². The van der Waals surface area contributed by atoms with E-state index in [9.17, 15) is 4.79 Å². The standard InChI is InChI=1S/C10H14N4O/c15-10(9-8-11-4-5-12-9)13-14-6-2-1-3-7-14/h4-5,8H,1-3,6-7H2,(H,13,15). The van der Waals surface area contributed by atoms with Gasteiger partial charge in [-0.15, -0.1) is 0 Å². The van der Waals surface area contributed by atoms with E-state index >= 15 is 0 Å². The predicted molar refractivity (Wildman–Crippen MR) is 54.9 cm³/mol. The van der Waals surface area contributed by atoms with E-state index in [1.165, 1.54) is 18.8 Å². The summed E-state index contributed by atoms with van der Waals surface area (Å²) in [7, 11) is 0. The predicted octanol–water partition coefficient (Wildman–Crippen LogP) is 0.607. The highest BCUT2D eigenvalue weighted by Crippen LogP contribution is 2.06. The fraction of sp³-hybridized carbons (Fsp3) is 0.500. The van der Waals surface area contributed by atoms with Crippen LogP contribution in [0.1, 0.15) is 29.8 Å². The van der Waals surface area contributed by atoms with Crippen LogP contribution in [0.25, 0.3) is 0 Å². The number of hydrazine groups is 1. The summed E-state index contributed by atoms with van der Waals surface area (Å²) < 4.78 is 0. The minimum atomic E-state index is -0.176. The number of hydrogen-bond acceptors (Lipinski definition) is 4. The van der Waals surface area contributed by atoms with Crippen LogP contribution in [0.2, 0.25) is 0 Å². The molecule has 0 atom stereocenters. The molecule has 1 aliphatic rings. The summed E-state index contributed by atoms with van der Waals surface area (Å²) >= 11 is 0. The Balaban J connectivity index is 1.91. The summed E-state index contributed by atoms with van der Waals surface area (Å²) in [4.78, 5) is 19.5. The monoisotopic (exact) mass is 206 g/mol. The quantitative estimate of drug-likeness (QED) is 0.770. The van der Waals surface area contributed by atoms with Crippen LogP contribution in [0.5, 0.6) is 0 Å². The van der Waals surface area contributed by atoms with Gasteiger partial charge in [0, 0.05) is 25.5 Å². The third-order valence-corrected chi connectivity index (χ3v) is 2.41. The third kappa shape index (κ3) is 2.73. The molecule has 0 aromatic carbocycles. The maximum Gasteiger partial charge on any atom is 0.285 e. The van der Waals surface area contributed by atoms with Gasteiger partial charge in [-0.3, -0.25) is 15.2 Å². The van der Waals surface area contributed by atoms with Gasteiger partial charge in [0.2, 0.25) is 0 Å². The van der Waals surface area contributed by atoms with Crippen LogP contribution in [0.3, 0.4) is 0 Å². The molecule has 0 unspecified atom stereocenters. The van der Waals surface area contributed by atoms with Gasteiger partial charge in [0.05, 0.1) is 6.20 Å². The number of carbonyl (C=O) groups is 1. The van der Waals surface area contributed by atoms with Crippen molar-refractivity contribution in [3.05, 3.63) is 24.3 Å². The zero-order chi connectivity index (χ0) is 10.5. The number of aromatic nitrogens is 2. The molecule has 1 aromatic rings. The molecular formula is C10H14N4O. The van der Waals surface area contributed by atoms with E-state index in [1.807, 2.05) is 5.01 Å². The average Bonchev–Trinajstić information content (AvgIpc) is 2.31. The smallest absolute Gasteiger partial charge is 0.283 e. The summed E-state index contributed by atoms with van der Waals surface area (Å²) in [5, 5.41) is 1.94. The van der Waals surface area contributed by atoms with E-state index in [1.54, 1.807) is 6.20 Å². The fourth-order valence-corrected chi connectivity index (χ4v) is 1.62. The van der Waals surface area contributed by atoms with E-state index in [4.69, 9.17) is 0 Å². The van der Waals surface area contributed by atoms with E-state index in [2.05, 4.69) is 15.4 Å². The number of carbonyl (C=O) groups excluding carboxylic acids is 1. The lowest BCUT2D eigenvalue weighted by Gasteiger charge is -2.26. The van der Waals surface area contributed by atoms with Crippen LogP contribution in [0.15, 0.2) is 18.6 Å². The summed E-state index contributed by atoms with van der Waals surface area (Å²) in [6.07, 6.45) is 8.07. The van der Waals surface area contributed by atoms with Crippen LogP contribution in [0, 0.1) is 0 Å². The summed E-state index contributed by atoms with van der Waals surface area (Å²) in [5.74, 6) is -0.176. The van der Waals surface area contributed by atoms with Gasteiger partial charge in [-0.05, 0) is 12.8 Å². The van der Waals surface area contributed by atoms with Gasteiger partial charge in [0.15, 0.2) is 0 Å². The van der Waals surface area contributed by atoms with Gasteiger partial charge in [-0.2, -0.15) is 0 Å². The lowest BCUT2D eigenvalue weighted by molar-refractivity contribution is 0.0744. The molecular weight excluding hydrogens is 192 g/mol. The largest absolute Gasteiger partial charge is 0.285 e. The van der Waals surface area contributed by atoms with Crippen LogP contribution < -0.4 is 5.43 Å². The second-order valence-electron chi connectivity index (χ2n) is 3.58. The molecule has 15 heavy (non-hydrogen) atoms. The molecule has 5 heteroatoms. The molecule has 2 heterocycles. The molecule has 1 N–H and O–H groups in total. The molecule has 5 nitrogen and oxygen atoms in total. The molecule has 1 aliphatic heterocycles. The highest BCUT2D eigenvalue weighted by atomic mass is 16.2. The fourth-order valence-electron chi connectivity index (χ4n) is 1.62. The topological polar surface area (TPSA) is 58.1 Å². The summed E-state index contributed by atoms with van der Waals surface area (Å²) in [6.45, 7) is 1.85. The molecule has 2 rings (SSSR count). The normalized spacial score (nSPS) is 17.3. The minimum Gasteiger partial charge on any atom is -0.283 e. The van der Waals surface area contributed by atoms with E-state index < -0.39 is 0 Å². The first-order valence-corrected chi connectivity index (χ1v) is 5.18. The van der Waals surface area contributed by atoms with Gasteiger partial charge in [0.25, 0.3) is 5.91 Å². The molecule has 0 aliphatic carbocycles. The molecule has 1 saturated heterocycles. The maximum absolute atomic E-state index is 11.7. The number of hydrogen-bond donors (Lipinski definition) is 1. The Kier molecular flexibility index (Phi) is 3.24. The lowest BCUT2D eigenvalue weighted by atomic mass is 10.2. The number of amides is 1. The Labute approximate surface area is 88.5 Å². The Morgan fingerprint density at radius 2 is 2.07 bits per heavy atom. The van der Waals surface area contributed by atoms with Crippen LogP contribution in [-0.4, -0.2) is 34.0 Å². The van der Waals surface area contributed by atoms with E-state index in [0.29, 0.717) is 5.69 Å². The minimum absolute atomic E-state index is 0.176. The van der Waals surface area contributed by atoms with Gasteiger partial charge in [0.1, 0.15) is 5.69 Å². The van der Waals surface area contributed by atoms with Crippen molar-refractivity contribution in [2.24, 2.45) is 0 Å². The molecule has 1 fully saturated rings. The zero-order valence-electron chi connectivity index (χ0n) is 8.52. The van der Waals surface area contributed by atoms with Gasteiger partial charge in [-0.1, -0.05) is 6.42 Å². The highest BCUT2D eigenvalue weighted by Gasteiger charge is 2.14. The molecule has 0 bridgehead atoms. The third-order valence-electron chi connectivity index (χ3n) is 2.41. The van der Waals surface area contributed by atoms with E-state index in [0.717, 1.165) is 25.9 Å². The lowest BCUT2D eigenvalue weighted by Crippen LogP contribution is -2.45. The molecule has 1 aromatic heterocycles. The SMILES string of the molecule is O=C(NN1CCCCC1)c1cnccn1. The van der Waals surface area contributed by atoms with Crippen LogP contribution in [-0.2, 0) is 0 Å². The number of rotatable bonds is 2. The zero-order valence-corrected chi connectivity index (χ0v) is 8.52. The highest BCUT2D eigenvalue weighted by molar-refractivity contribution is 5.91. The molecule has 0 spiro atoms. The average molecular weight is 206 g/mol. The van der Waals surface area contributed by atoms with Crippen LogP contribution in [0.4, 0.5) is 0 Å². The van der Waals surface area contributed by atoms with Crippen molar-refractivity contribution < 1.29 is 4.79 Å². The van der Waals surface area contributed by atoms with Gasteiger partial charge in [-0.25, -0.2) is 9.99 Å².